The van der Waals surface area contributed by atoms with Crippen molar-refractivity contribution < 1.29 is 9.53 Å². The van der Waals surface area contributed by atoms with Gasteiger partial charge >= 0.3 is 0 Å². The fraction of sp³-hybridized carbons (Fsp3) is 0.562. The molecule has 0 aliphatic carbocycles. The van der Waals surface area contributed by atoms with Crippen molar-refractivity contribution in [2.75, 3.05) is 6.54 Å². The topological polar surface area (TPSA) is 64.3 Å². The Hall–Kier alpha value is -1.55. The van der Waals surface area contributed by atoms with Crippen LogP contribution in [0.2, 0.25) is 0 Å². The molecule has 0 saturated heterocycles. The average Bonchev–Trinajstić information content (AvgIpc) is 2.44. The highest BCUT2D eigenvalue weighted by Gasteiger charge is 2.17. The van der Waals surface area contributed by atoms with Crippen molar-refractivity contribution in [3.63, 3.8) is 0 Å². The zero-order valence-corrected chi connectivity index (χ0v) is 12.8. The number of nitrogens with one attached hydrogen (secondary N) is 1. The molecule has 4 heteroatoms. The summed E-state index contributed by atoms with van der Waals surface area (Å²) < 4.78 is 5.77. The van der Waals surface area contributed by atoms with Gasteiger partial charge in [0, 0.05) is 18.2 Å². The number of carbonyl (C=O) groups is 1. The lowest BCUT2D eigenvalue weighted by Crippen LogP contribution is -2.38. The van der Waals surface area contributed by atoms with Gasteiger partial charge < -0.3 is 15.8 Å². The summed E-state index contributed by atoms with van der Waals surface area (Å²) >= 11 is 0. The molecule has 1 rings (SSSR count). The summed E-state index contributed by atoms with van der Waals surface area (Å²) in [4.78, 5) is 11.9. The highest BCUT2D eigenvalue weighted by atomic mass is 16.5. The van der Waals surface area contributed by atoms with E-state index in [0.29, 0.717) is 18.2 Å². The molecule has 0 saturated carbocycles. The first-order valence-corrected chi connectivity index (χ1v) is 7.24. The van der Waals surface area contributed by atoms with Gasteiger partial charge in [-0.3, -0.25) is 4.79 Å². The second kappa shape index (κ2) is 7.90. The van der Waals surface area contributed by atoms with Crippen LogP contribution in [0.1, 0.15) is 45.7 Å². The lowest BCUT2D eigenvalue weighted by Gasteiger charge is -2.20. The monoisotopic (exact) mass is 278 g/mol. The molecule has 1 aromatic carbocycles. The Morgan fingerprint density at radius 2 is 1.95 bits per heavy atom. The van der Waals surface area contributed by atoms with Crippen LogP contribution in [0.25, 0.3) is 0 Å². The van der Waals surface area contributed by atoms with Crippen LogP contribution in [0.4, 0.5) is 0 Å². The number of benzene rings is 1. The van der Waals surface area contributed by atoms with Gasteiger partial charge in [-0.1, -0.05) is 39.0 Å². The molecule has 20 heavy (non-hydrogen) atoms. The van der Waals surface area contributed by atoms with Crippen molar-refractivity contribution in [3.05, 3.63) is 29.8 Å². The first-order chi connectivity index (χ1) is 9.45. The van der Waals surface area contributed by atoms with E-state index in [1.165, 1.54) is 0 Å². The zero-order chi connectivity index (χ0) is 15.1. The predicted molar refractivity (Wildman–Crippen MR) is 81.6 cm³/mol. The van der Waals surface area contributed by atoms with Crippen molar-refractivity contribution >= 4 is 5.91 Å². The molecule has 0 spiro atoms. The minimum atomic E-state index is -0.529. The summed E-state index contributed by atoms with van der Waals surface area (Å²) in [5.74, 6) is 1.01. The van der Waals surface area contributed by atoms with E-state index in [-0.39, 0.29) is 11.9 Å². The average molecular weight is 278 g/mol. The van der Waals surface area contributed by atoms with E-state index in [9.17, 15) is 4.79 Å². The molecular weight excluding hydrogens is 252 g/mol. The fourth-order valence-corrected chi connectivity index (χ4v) is 1.81. The van der Waals surface area contributed by atoms with Crippen molar-refractivity contribution in [1.82, 2.24) is 5.32 Å². The number of para-hydroxylation sites is 1. The van der Waals surface area contributed by atoms with E-state index < -0.39 is 6.10 Å². The second-order valence-corrected chi connectivity index (χ2v) is 5.45. The minimum absolute atomic E-state index is 0.0721. The third kappa shape index (κ3) is 4.85. The van der Waals surface area contributed by atoms with Crippen LogP contribution in [0, 0.1) is 5.92 Å². The Balaban J connectivity index is 2.70. The van der Waals surface area contributed by atoms with Crippen molar-refractivity contribution in [1.29, 1.82) is 0 Å². The Morgan fingerprint density at radius 1 is 1.30 bits per heavy atom. The number of amides is 1. The summed E-state index contributed by atoms with van der Waals surface area (Å²) in [7, 11) is 0. The Labute approximate surface area is 121 Å². The number of ether oxygens (including phenoxy) is 1. The zero-order valence-electron chi connectivity index (χ0n) is 12.8. The van der Waals surface area contributed by atoms with Crippen LogP contribution in [-0.2, 0) is 4.79 Å². The maximum atomic E-state index is 11.9. The van der Waals surface area contributed by atoms with Gasteiger partial charge in [-0.2, -0.15) is 0 Å². The predicted octanol–water partition coefficient (Wildman–Crippen LogP) is 2.64. The SMILES string of the molecule is CC[C@H](N)c1ccccc1OC(C)C(=O)NCC(C)C. The summed E-state index contributed by atoms with van der Waals surface area (Å²) in [5.41, 5.74) is 7.01. The van der Waals surface area contributed by atoms with Crippen molar-refractivity contribution in [2.24, 2.45) is 11.7 Å². The largest absolute Gasteiger partial charge is 0.481 e. The molecule has 0 heterocycles. The molecule has 1 aromatic rings. The highest BCUT2D eigenvalue weighted by Crippen LogP contribution is 2.26. The molecule has 1 unspecified atom stereocenters. The molecule has 0 radical (unpaired) electrons. The van der Waals surface area contributed by atoms with E-state index in [1.54, 1.807) is 6.92 Å². The Bertz CT molecular complexity index is 432. The molecule has 0 aromatic heterocycles. The maximum absolute atomic E-state index is 11.9. The molecule has 2 atom stereocenters. The number of hydrogen-bond acceptors (Lipinski definition) is 3. The van der Waals surface area contributed by atoms with Gasteiger partial charge in [0.05, 0.1) is 0 Å². The van der Waals surface area contributed by atoms with E-state index >= 15 is 0 Å². The van der Waals surface area contributed by atoms with E-state index in [4.69, 9.17) is 10.5 Å². The van der Waals surface area contributed by atoms with Gasteiger partial charge in [-0.05, 0) is 25.3 Å². The van der Waals surface area contributed by atoms with Crippen LogP contribution < -0.4 is 15.8 Å². The van der Waals surface area contributed by atoms with Gasteiger partial charge in [0.2, 0.25) is 0 Å². The first kappa shape index (κ1) is 16.5. The van der Waals surface area contributed by atoms with Crippen LogP contribution in [0.3, 0.4) is 0 Å². The van der Waals surface area contributed by atoms with Crippen LogP contribution in [-0.4, -0.2) is 18.6 Å². The number of carbonyl (C=O) groups excluding carboxylic acids is 1. The van der Waals surface area contributed by atoms with E-state index in [0.717, 1.165) is 12.0 Å². The lowest BCUT2D eigenvalue weighted by atomic mass is 10.0. The van der Waals surface area contributed by atoms with Gasteiger partial charge in [-0.25, -0.2) is 0 Å². The summed E-state index contributed by atoms with van der Waals surface area (Å²) in [6, 6.07) is 7.55. The molecule has 1 amide bonds. The van der Waals surface area contributed by atoms with Gasteiger partial charge in [0.15, 0.2) is 6.10 Å². The Kier molecular flexibility index (Phi) is 6.52. The normalized spacial score (nSPS) is 13.9. The van der Waals surface area contributed by atoms with Crippen molar-refractivity contribution in [2.45, 2.75) is 46.3 Å². The molecule has 0 fully saturated rings. The van der Waals surface area contributed by atoms with Crippen LogP contribution in [0.15, 0.2) is 24.3 Å². The first-order valence-electron chi connectivity index (χ1n) is 7.24. The number of hydrogen-bond donors (Lipinski definition) is 2. The van der Waals surface area contributed by atoms with Gasteiger partial charge in [-0.15, -0.1) is 0 Å². The summed E-state index contributed by atoms with van der Waals surface area (Å²) in [6.45, 7) is 8.55. The van der Waals surface area contributed by atoms with E-state index in [2.05, 4.69) is 19.2 Å². The number of rotatable bonds is 7. The van der Waals surface area contributed by atoms with Crippen LogP contribution in [0.5, 0.6) is 5.75 Å². The third-order valence-corrected chi connectivity index (χ3v) is 3.12. The minimum Gasteiger partial charge on any atom is -0.481 e. The van der Waals surface area contributed by atoms with Crippen molar-refractivity contribution in [3.8, 4) is 5.75 Å². The lowest BCUT2D eigenvalue weighted by molar-refractivity contribution is -0.127. The summed E-state index contributed by atoms with van der Waals surface area (Å²) in [5, 5.41) is 2.87. The maximum Gasteiger partial charge on any atom is 0.260 e. The standard InChI is InChI=1S/C16H26N2O2/c1-5-14(17)13-8-6-7-9-15(13)20-12(4)16(19)18-10-11(2)3/h6-9,11-12,14H,5,10,17H2,1-4H3,(H,18,19)/t12?,14-/m0/s1. The molecule has 0 aliphatic rings. The number of nitrogens with two attached hydrogens (primary N) is 1. The molecule has 4 nitrogen and oxygen atoms in total. The van der Waals surface area contributed by atoms with E-state index in [1.807, 2.05) is 31.2 Å². The molecular formula is C16H26N2O2. The van der Waals surface area contributed by atoms with Gasteiger partial charge in [0.25, 0.3) is 5.91 Å². The molecule has 112 valence electrons. The fourth-order valence-electron chi connectivity index (χ4n) is 1.81. The molecule has 3 N–H and O–H groups in total. The second-order valence-electron chi connectivity index (χ2n) is 5.45. The smallest absolute Gasteiger partial charge is 0.260 e. The molecule has 0 aliphatic heterocycles. The quantitative estimate of drug-likeness (QED) is 0.806. The van der Waals surface area contributed by atoms with Crippen LogP contribution >= 0.6 is 0 Å². The highest BCUT2D eigenvalue weighted by molar-refractivity contribution is 5.80. The molecule has 0 bridgehead atoms. The third-order valence-electron chi connectivity index (χ3n) is 3.12. The summed E-state index contributed by atoms with van der Waals surface area (Å²) in [6.07, 6.45) is 0.299. The van der Waals surface area contributed by atoms with Gasteiger partial charge in [0.1, 0.15) is 5.75 Å². The Morgan fingerprint density at radius 3 is 2.55 bits per heavy atom.